The largest absolute Gasteiger partial charge is 0.240 e. The minimum Gasteiger partial charge on any atom is -0.211 e. The number of hydrogen-bond acceptors (Lipinski definition) is 2. The van der Waals surface area contributed by atoms with E-state index in [0.29, 0.717) is 11.6 Å². The third kappa shape index (κ3) is 5.46. The van der Waals surface area contributed by atoms with Crippen molar-refractivity contribution in [3.8, 4) is 0 Å². The Morgan fingerprint density at radius 1 is 1.04 bits per heavy atom. The number of halogens is 3. The molecule has 130 valence electrons. The number of rotatable bonds is 6. The van der Waals surface area contributed by atoms with Crippen molar-refractivity contribution in [3.05, 3.63) is 62.5 Å². The van der Waals surface area contributed by atoms with Gasteiger partial charge in [0.05, 0.1) is 14.9 Å². The quantitative estimate of drug-likeness (QED) is 0.648. The van der Waals surface area contributed by atoms with Gasteiger partial charge in [-0.1, -0.05) is 65.1 Å². The molecule has 0 aliphatic heterocycles. The lowest BCUT2D eigenvalue weighted by atomic mass is 9.86. The van der Waals surface area contributed by atoms with Crippen LogP contribution in [0.25, 0.3) is 0 Å². The average molecular weight is 451 g/mol. The van der Waals surface area contributed by atoms with E-state index in [4.69, 9.17) is 23.2 Å². The van der Waals surface area contributed by atoms with Crippen LogP contribution in [0.4, 0.5) is 0 Å². The summed E-state index contributed by atoms with van der Waals surface area (Å²) >= 11 is 15.1. The van der Waals surface area contributed by atoms with Crippen LogP contribution in [0.3, 0.4) is 0 Å². The van der Waals surface area contributed by atoms with Crippen molar-refractivity contribution >= 4 is 49.2 Å². The average Bonchev–Trinajstić information content (AvgIpc) is 2.50. The zero-order valence-electron chi connectivity index (χ0n) is 13.3. The predicted molar refractivity (Wildman–Crippen MR) is 103 cm³/mol. The van der Waals surface area contributed by atoms with Crippen molar-refractivity contribution in [1.82, 2.24) is 4.72 Å². The van der Waals surface area contributed by atoms with Crippen LogP contribution >= 0.6 is 39.1 Å². The van der Waals surface area contributed by atoms with E-state index in [-0.39, 0.29) is 15.3 Å². The summed E-state index contributed by atoms with van der Waals surface area (Å²) in [6, 6.07) is 12.3. The van der Waals surface area contributed by atoms with Gasteiger partial charge < -0.3 is 0 Å². The van der Waals surface area contributed by atoms with Gasteiger partial charge in [-0.05, 0) is 47.7 Å². The van der Waals surface area contributed by atoms with Crippen molar-refractivity contribution < 1.29 is 8.42 Å². The van der Waals surface area contributed by atoms with Crippen molar-refractivity contribution in [2.24, 2.45) is 5.41 Å². The van der Waals surface area contributed by atoms with Gasteiger partial charge in [-0.2, -0.15) is 0 Å². The molecule has 24 heavy (non-hydrogen) atoms. The predicted octanol–water partition coefficient (Wildman–Crippen LogP) is 5.30. The second kappa shape index (κ2) is 7.75. The summed E-state index contributed by atoms with van der Waals surface area (Å²) in [5, 5.41) is 0.542. The van der Waals surface area contributed by atoms with E-state index in [0.717, 1.165) is 16.5 Å². The second-order valence-corrected chi connectivity index (χ2v) is 9.86. The zero-order valence-corrected chi connectivity index (χ0v) is 17.2. The standard InChI is InChI=1S/C17H18BrCl2NO2S/c1-17(2,10-12-3-5-13(18)6-4-12)11-21-24(22,23)14-7-8-15(19)16(20)9-14/h3-9,21H,10-11H2,1-2H3. The number of nitrogens with one attached hydrogen (secondary N) is 1. The van der Waals surface area contributed by atoms with Crippen molar-refractivity contribution in [2.75, 3.05) is 6.54 Å². The molecule has 0 fully saturated rings. The molecule has 0 saturated carbocycles. The summed E-state index contributed by atoms with van der Waals surface area (Å²) in [7, 11) is -3.63. The fourth-order valence-electron chi connectivity index (χ4n) is 2.24. The first-order valence-corrected chi connectivity index (χ1v) is 10.3. The topological polar surface area (TPSA) is 46.2 Å². The Hall–Kier alpha value is -0.590. The van der Waals surface area contributed by atoms with Crippen molar-refractivity contribution in [1.29, 1.82) is 0 Å². The normalized spacial score (nSPS) is 12.4. The van der Waals surface area contributed by atoms with Gasteiger partial charge in [0.25, 0.3) is 0 Å². The fourth-order valence-corrected chi connectivity index (χ4v) is 4.13. The Balaban J connectivity index is 2.06. The molecule has 1 N–H and O–H groups in total. The van der Waals surface area contributed by atoms with E-state index in [9.17, 15) is 8.42 Å². The van der Waals surface area contributed by atoms with Crippen LogP contribution in [-0.4, -0.2) is 15.0 Å². The molecule has 0 amide bonds. The molecule has 0 bridgehead atoms. The molecule has 0 radical (unpaired) electrons. The molecule has 0 atom stereocenters. The summed E-state index contributed by atoms with van der Waals surface area (Å²) < 4.78 is 28.5. The van der Waals surface area contributed by atoms with Crippen LogP contribution in [0.2, 0.25) is 10.0 Å². The van der Waals surface area contributed by atoms with Crippen molar-refractivity contribution in [2.45, 2.75) is 25.2 Å². The molecule has 0 unspecified atom stereocenters. The smallest absolute Gasteiger partial charge is 0.211 e. The summed E-state index contributed by atoms with van der Waals surface area (Å²) in [6.07, 6.45) is 0.754. The fraction of sp³-hybridized carbons (Fsp3) is 0.294. The highest BCUT2D eigenvalue weighted by Gasteiger charge is 2.23. The zero-order chi connectivity index (χ0) is 18.0. The molecule has 0 saturated heterocycles. The Bertz CT molecular complexity index is 821. The molecule has 0 heterocycles. The monoisotopic (exact) mass is 449 g/mol. The highest BCUT2D eigenvalue weighted by atomic mass is 79.9. The van der Waals surface area contributed by atoms with Gasteiger partial charge in [-0.3, -0.25) is 0 Å². The van der Waals surface area contributed by atoms with Gasteiger partial charge >= 0.3 is 0 Å². The lowest BCUT2D eigenvalue weighted by Gasteiger charge is -2.25. The van der Waals surface area contributed by atoms with Gasteiger partial charge in [0.15, 0.2) is 0 Å². The van der Waals surface area contributed by atoms with Crippen molar-refractivity contribution in [3.63, 3.8) is 0 Å². The summed E-state index contributed by atoms with van der Waals surface area (Å²) in [4.78, 5) is 0.108. The van der Waals surface area contributed by atoms with Crippen LogP contribution < -0.4 is 4.72 Å². The molecule has 0 aliphatic carbocycles. The highest BCUT2D eigenvalue weighted by Crippen LogP contribution is 2.26. The van der Waals surface area contributed by atoms with Gasteiger partial charge in [-0.25, -0.2) is 13.1 Å². The summed E-state index contributed by atoms with van der Waals surface area (Å²) in [6.45, 7) is 4.35. The maximum atomic E-state index is 12.4. The minimum atomic E-state index is -3.63. The summed E-state index contributed by atoms with van der Waals surface area (Å²) in [5.74, 6) is 0. The molecule has 0 aromatic heterocycles. The van der Waals surface area contributed by atoms with Gasteiger partial charge in [0.1, 0.15) is 0 Å². The highest BCUT2D eigenvalue weighted by molar-refractivity contribution is 9.10. The Morgan fingerprint density at radius 2 is 1.67 bits per heavy atom. The maximum absolute atomic E-state index is 12.4. The van der Waals surface area contributed by atoms with E-state index in [1.165, 1.54) is 18.2 Å². The minimum absolute atomic E-state index is 0.108. The lowest BCUT2D eigenvalue weighted by Crippen LogP contribution is -2.35. The SMILES string of the molecule is CC(C)(CNS(=O)(=O)c1ccc(Cl)c(Cl)c1)Cc1ccc(Br)cc1. The van der Waals surface area contributed by atoms with Crippen LogP contribution in [0.1, 0.15) is 19.4 Å². The third-order valence-corrected chi connectivity index (χ3v) is 6.20. The Labute approximate surface area is 161 Å². The Kier molecular flexibility index (Phi) is 6.37. The van der Waals surface area contributed by atoms with Crippen LogP contribution in [-0.2, 0) is 16.4 Å². The molecule has 0 spiro atoms. The van der Waals surface area contributed by atoms with Crippen LogP contribution in [0.15, 0.2) is 51.8 Å². The number of sulfonamides is 1. The maximum Gasteiger partial charge on any atom is 0.240 e. The molecule has 2 rings (SSSR count). The molecular formula is C17H18BrCl2NO2S. The molecule has 2 aromatic rings. The van der Waals surface area contributed by atoms with E-state index < -0.39 is 10.0 Å². The molecule has 3 nitrogen and oxygen atoms in total. The van der Waals surface area contributed by atoms with E-state index in [1.54, 1.807) is 0 Å². The first kappa shape index (κ1) is 19.7. The summed E-state index contributed by atoms with van der Waals surface area (Å²) in [5.41, 5.74) is 0.911. The number of hydrogen-bond donors (Lipinski definition) is 1. The van der Waals surface area contributed by atoms with E-state index in [2.05, 4.69) is 20.7 Å². The first-order chi connectivity index (χ1) is 11.1. The van der Waals surface area contributed by atoms with Crippen LogP contribution in [0.5, 0.6) is 0 Å². The molecule has 2 aromatic carbocycles. The first-order valence-electron chi connectivity index (χ1n) is 7.28. The lowest BCUT2D eigenvalue weighted by molar-refractivity contribution is 0.361. The number of benzene rings is 2. The Morgan fingerprint density at radius 3 is 2.25 bits per heavy atom. The van der Waals surface area contributed by atoms with Gasteiger partial charge in [0.2, 0.25) is 10.0 Å². The van der Waals surface area contributed by atoms with Gasteiger partial charge in [0, 0.05) is 11.0 Å². The second-order valence-electron chi connectivity index (χ2n) is 6.37. The molecule has 7 heteroatoms. The third-order valence-electron chi connectivity index (χ3n) is 3.54. The van der Waals surface area contributed by atoms with E-state index in [1.807, 2.05) is 38.1 Å². The van der Waals surface area contributed by atoms with E-state index >= 15 is 0 Å². The molecule has 0 aliphatic rings. The van der Waals surface area contributed by atoms with Gasteiger partial charge in [-0.15, -0.1) is 0 Å². The van der Waals surface area contributed by atoms with Crippen LogP contribution in [0, 0.1) is 5.41 Å². The molecular weight excluding hydrogens is 433 g/mol.